The molecule has 5 rings (SSSR count). The predicted molar refractivity (Wildman–Crippen MR) is 139 cm³/mol. The fraction of sp³-hybridized carbons (Fsp3) is 0.286. The highest BCUT2D eigenvalue weighted by Gasteiger charge is 2.31. The maximum atomic E-state index is 13.8. The number of aromatic nitrogens is 3. The largest absolute Gasteiger partial charge is 0.481 e. The van der Waals surface area contributed by atoms with Crippen molar-refractivity contribution < 1.29 is 9.13 Å². The van der Waals surface area contributed by atoms with Crippen molar-refractivity contribution in [2.75, 3.05) is 38.2 Å². The smallest absolute Gasteiger partial charge is 0.270 e. The van der Waals surface area contributed by atoms with Gasteiger partial charge in [-0.1, -0.05) is 18.2 Å². The zero-order chi connectivity index (χ0) is 26.1. The van der Waals surface area contributed by atoms with Gasteiger partial charge in [0.25, 0.3) is 5.56 Å². The third-order valence-electron chi connectivity index (χ3n) is 6.94. The molecule has 1 saturated heterocycles. The second-order valence-electron chi connectivity index (χ2n) is 9.10. The summed E-state index contributed by atoms with van der Waals surface area (Å²) < 4.78 is 20.8. The SMILES string of the molecule is COc1ncccc1C(c1ccc(F)cc1)N1CCN(c2c(C#N)c(=O)n(C)c3ccc(C)nc23)CC1. The lowest BCUT2D eigenvalue weighted by molar-refractivity contribution is 0.208. The third kappa shape index (κ3) is 4.41. The maximum Gasteiger partial charge on any atom is 0.270 e. The first-order valence-electron chi connectivity index (χ1n) is 12.1. The number of benzene rings is 1. The van der Waals surface area contributed by atoms with Gasteiger partial charge in [-0.2, -0.15) is 5.26 Å². The van der Waals surface area contributed by atoms with E-state index in [1.807, 2.05) is 31.2 Å². The van der Waals surface area contributed by atoms with Crippen LogP contribution < -0.4 is 15.2 Å². The summed E-state index contributed by atoms with van der Waals surface area (Å²) in [5, 5.41) is 9.92. The van der Waals surface area contributed by atoms with Crippen molar-refractivity contribution in [2.45, 2.75) is 13.0 Å². The van der Waals surface area contributed by atoms with Gasteiger partial charge < -0.3 is 14.2 Å². The summed E-state index contributed by atoms with van der Waals surface area (Å²) in [5.41, 5.74) is 4.32. The Morgan fingerprint density at radius 3 is 2.49 bits per heavy atom. The van der Waals surface area contributed by atoms with Gasteiger partial charge in [0, 0.05) is 50.7 Å². The Bertz CT molecular complexity index is 1550. The van der Waals surface area contributed by atoms with E-state index in [0.29, 0.717) is 48.8 Å². The summed E-state index contributed by atoms with van der Waals surface area (Å²) in [5.74, 6) is 0.220. The number of nitriles is 1. The van der Waals surface area contributed by atoms with Crippen molar-refractivity contribution in [3.8, 4) is 11.9 Å². The molecule has 1 aromatic carbocycles. The van der Waals surface area contributed by atoms with Gasteiger partial charge in [-0.15, -0.1) is 0 Å². The number of anilines is 1. The first kappa shape index (κ1) is 24.4. The van der Waals surface area contributed by atoms with Gasteiger partial charge in [-0.05, 0) is 42.8 Å². The Labute approximate surface area is 214 Å². The first-order chi connectivity index (χ1) is 17.9. The van der Waals surface area contributed by atoms with Crippen molar-refractivity contribution in [3.05, 3.63) is 93.3 Å². The monoisotopic (exact) mass is 498 g/mol. The standard InChI is InChI=1S/C28H27FN6O2/c1-18-6-11-23-24(32-18)26(22(17-30)28(36)33(23)2)35-15-13-34(14-16-35)25(19-7-9-20(29)10-8-19)21-5-4-12-31-27(21)37-3/h4-12,25H,13-16H2,1-3H3. The van der Waals surface area contributed by atoms with Crippen LogP contribution in [-0.2, 0) is 7.05 Å². The number of piperazine rings is 1. The van der Waals surface area contributed by atoms with E-state index in [-0.39, 0.29) is 23.0 Å². The lowest BCUT2D eigenvalue weighted by atomic mass is 9.97. The number of aryl methyl sites for hydroxylation is 2. The molecule has 0 aliphatic carbocycles. The number of hydrogen-bond acceptors (Lipinski definition) is 7. The van der Waals surface area contributed by atoms with Crippen LogP contribution >= 0.6 is 0 Å². The Kier molecular flexibility index (Phi) is 6.59. The van der Waals surface area contributed by atoms with Crippen molar-refractivity contribution >= 4 is 16.7 Å². The maximum absolute atomic E-state index is 13.8. The van der Waals surface area contributed by atoms with Crippen LogP contribution in [-0.4, -0.2) is 52.7 Å². The first-order valence-corrected chi connectivity index (χ1v) is 12.1. The molecule has 1 atom stereocenters. The summed E-state index contributed by atoms with van der Waals surface area (Å²) in [6, 6.07) is 16.0. The van der Waals surface area contributed by atoms with Crippen LogP contribution in [0.1, 0.15) is 28.4 Å². The van der Waals surface area contributed by atoms with Gasteiger partial charge in [0.1, 0.15) is 23.0 Å². The van der Waals surface area contributed by atoms with Gasteiger partial charge in [0.15, 0.2) is 0 Å². The molecule has 9 heteroatoms. The molecular weight excluding hydrogens is 471 g/mol. The number of nitrogens with zero attached hydrogens (tertiary/aromatic N) is 6. The summed E-state index contributed by atoms with van der Waals surface area (Å²) >= 11 is 0. The molecule has 0 spiro atoms. The minimum atomic E-state index is -0.331. The summed E-state index contributed by atoms with van der Waals surface area (Å²) in [6.07, 6.45) is 1.68. The summed E-state index contributed by atoms with van der Waals surface area (Å²) in [6.45, 7) is 4.31. The van der Waals surface area contributed by atoms with Gasteiger partial charge in [-0.25, -0.2) is 14.4 Å². The zero-order valence-corrected chi connectivity index (χ0v) is 21.0. The van der Waals surface area contributed by atoms with Crippen LogP contribution in [0.2, 0.25) is 0 Å². The number of fused-ring (bicyclic) bond motifs is 1. The molecule has 1 aliphatic rings. The van der Waals surface area contributed by atoms with E-state index in [2.05, 4.69) is 20.9 Å². The quantitative estimate of drug-likeness (QED) is 0.416. The van der Waals surface area contributed by atoms with Gasteiger partial charge in [-0.3, -0.25) is 9.69 Å². The highest BCUT2D eigenvalue weighted by molar-refractivity contribution is 5.91. The van der Waals surface area contributed by atoms with E-state index in [1.165, 1.54) is 16.7 Å². The number of hydrogen-bond donors (Lipinski definition) is 0. The minimum absolute atomic E-state index is 0.102. The number of halogens is 1. The Morgan fingerprint density at radius 2 is 1.81 bits per heavy atom. The molecule has 4 heterocycles. The topological polar surface area (TPSA) is 87.3 Å². The van der Waals surface area contributed by atoms with Crippen LogP contribution in [0.25, 0.3) is 11.0 Å². The molecule has 1 fully saturated rings. The van der Waals surface area contributed by atoms with E-state index < -0.39 is 0 Å². The molecule has 0 N–H and O–H groups in total. The molecule has 188 valence electrons. The van der Waals surface area contributed by atoms with Gasteiger partial charge in [0.2, 0.25) is 5.88 Å². The number of rotatable bonds is 5. The highest BCUT2D eigenvalue weighted by atomic mass is 19.1. The Hall–Kier alpha value is -4.29. The van der Waals surface area contributed by atoms with Crippen LogP contribution in [0.3, 0.4) is 0 Å². The number of pyridine rings is 3. The number of ether oxygens (including phenoxy) is 1. The van der Waals surface area contributed by atoms with Crippen molar-refractivity contribution in [1.29, 1.82) is 5.26 Å². The molecule has 0 bridgehead atoms. The average molecular weight is 499 g/mol. The summed E-state index contributed by atoms with van der Waals surface area (Å²) in [7, 11) is 3.25. The molecule has 37 heavy (non-hydrogen) atoms. The zero-order valence-electron chi connectivity index (χ0n) is 21.0. The molecule has 8 nitrogen and oxygen atoms in total. The molecule has 4 aromatic rings. The van der Waals surface area contributed by atoms with Gasteiger partial charge >= 0.3 is 0 Å². The van der Waals surface area contributed by atoms with E-state index in [9.17, 15) is 14.4 Å². The predicted octanol–water partition coefficient (Wildman–Crippen LogP) is 3.57. The molecule has 0 saturated carbocycles. The van der Waals surface area contributed by atoms with E-state index in [4.69, 9.17) is 9.72 Å². The lowest BCUT2D eigenvalue weighted by Gasteiger charge is -2.41. The lowest BCUT2D eigenvalue weighted by Crippen LogP contribution is -2.48. The van der Waals surface area contributed by atoms with Crippen molar-refractivity contribution in [1.82, 2.24) is 19.4 Å². The average Bonchev–Trinajstić information content (AvgIpc) is 2.92. The molecule has 1 unspecified atom stereocenters. The second-order valence-corrected chi connectivity index (χ2v) is 9.10. The van der Waals surface area contributed by atoms with Gasteiger partial charge in [0.05, 0.1) is 24.4 Å². The number of methoxy groups -OCH3 is 1. The van der Waals surface area contributed by atoms with Crippen LogP contribution in [0.4, 0.5) is 10.1 Å². The Balaban J connectivity index is 1.53. The highest BCUT2D eigenvalue weighted by Crippen LogP contribution is 2.35. The van der Waals surface area contributed by atoms with Crippen LogP contribution in [0.5, 0.6) is 5.88 Å². The van der Waals surface area contributed by atoms with Crippen LogP contribution in [0.15, 0.2) is 59.5 Å². The normalized spacial score (nSPS) is 14.9. The Morgan fingerprint density at radius 1 is 1.08 bits per heavy atom. The van der Waals surface area contributed by atoms with Crippen molar-refractivity contribution in [3.63, 3.8) is 0 Å². The van der Waals surface area contributed by atoms with E-state index in [0.717, 1.165) is 16.8 Å². The molecule has 1 aliphatic heterocycles. The third-order valence-corrected chi connectivity index (χ3v) is 6.94. The molecule has 3 aromatic heterocycles. The molecule has 0 amide bonds. The van der Waals surface area contributed by atoms with E-state index >= 15 is 0 Å². The fourth-order valence-electron chi connectivity index (χ4n) is 5.12. The molecule has 0 radical (unpaired) electrons. The van der Waals surface area contributed by atoms with Crippen molar-refractivity contribution in [2.24, 2.45) is 7.05 Å². The minimum Gasteiger partial charge on any atom is -0.481 e. The van der Waals surface area contributed by atoms with Crippen LogP contribution in [0, 0.1) is 24.1 Å². The summed E-state index contributed by atoms with van der Waals surface area (Å²) in [4.78, 5) is 26.5. The van der Waals surface area contributed by atoms with E-state index in [1.54, 1.807) is 32.5 Å². The fourth-order valence-corrected chi connectivity index (χ4v) is 5.12. The second kappa shape index (κ2) is 9.99. The molecular formula is C28H27FN6O2.